The van der Waals surface area contributed by atoms with Crippen LogP contribution in [0.4, 0.5) is 5.82 Å². The minimum absolute atomic E-state index is 0.139. The molecule has 5 nitrogen and oxygen atoms in total. The zero-order valence-corrected chi connectivity index (χ0v) is 15.8. The van der Waals surface area contributed by atoms with Gasteiger partial charge in [0, 0.05) is 34.7 Å². The lowest BCUT2D eigenvalue weighted by Gasteiger charge is -2.09. The van der Waals surface area contributed by atoms with Gasteiger partial charge in [-0.15, -0.1) is 0 Å². The van der Waals surface area contributed by atoms with Gasteiger partial charge in [0.25, 0.3) is 5.91 Å². The number of carbonyl (C=O) groups is 1. The number of para-hydroxylation sites is 1. The highest BCUT2D eigenvalue weighted by Crippen LogP contribution is 2.22. The molecule has 4 aromatic rings. The number of rotatable bonds is 4. The van der Waals surface area contributed by atoms with Crippen LogP contribution >= 0.6 is 15.9 Å². The predicted octanol–water partition coefficient (Wildman–Crippen LogP) is 4.44. The molecule has 2 heterocycles. The molecule has 1 N–H and O–H groups in total. The van der Waals surface area contributed by atoms with Crippen LogP contribution in [0, 0.1) is 0 Å². The van der Waals surface area contributed by atoms with Gasteiger partial charge in [0.2, 0.25) is 0 Å². The molecule has 26 heavy (non-hydrogen) atoms. The van der Waals surface area contributed by atoms with Crippen LogP contribution in [-0.4, -0.2) is 20.3 Å². The van der Waals surface area contributed by atoms with Gasteiger partial charge >= 0.3 is 0 Å². The van der Waals surface area contributed by atoms with E-state index in [2.05, 4.69) is 26.3 Å². The molecular weight excluding hydrogens is 392 g/mol. The number of hydrogen-bond donors (Lipinski definition) is 1. The molecule has 0 radical (unpaired) electrons. The van der Waals surface area contributed by atoms with Gasteiger partial charge in [-0.05, 0) is 23.8 Å². The highest BCUT2D eigenvalue weighted by Gasteiger charge is 2.15. The van der Waals surface area contributed by atoms with E-state index in [1.54, 1.807) is 10.9 Å². The summed E-state index contributed by atoms with van der Waals surface area (Å²) in [6, 6.07) is 17.7. The zero-order valence-electron chi connectivity index (χ0n) is 14.2. The van der Waals surface area contributed by atoms with Crippen molar-refractivity contribution in [2.75, 3.05) is 5.32 Å². The first-order valence-corrected chi connectivity index (χ1v) is 9.03. The van der Waals surface area contributed by atoms with Crippen molar-refractivity contribution in [3.05, 3.63) is 82.6 Å². The standard InChI is InChI=1S/C20H17BrN4O/c1-24-13-17(16-4-2-3-5-18(16)24)20(26)23-19-10-11-22-25(19)12-14-6-8-15(21)9-7-14/h2-11,13H,12H2,1H3,(H,23,26). The Bertz CT molecular complexity index is 1080. The van der Waals surface area contributed by atoms with Gasteiger partial charge in [0.15, 0.2) is 0 Å². The quantitative estimate of drug-likeness (QED) is 0.542. The second kappa shape index (κ2) is 6.80. The minimum atomic E-state index is -0.139. The van der Waals surface area contributed by atoms with Gasteiger partial charge in [-0.1, -0.05) is 46.3 Å². The van der Waals surface area contributed by atoms with Gasteiger partial charge in [0.1, 0.15) is 5.82 Å². The smallest absolute Gasteiger partial charge is 0.258 e. The Morgan fingerprint density at radius 3 is 2.69 bits per heavy atom. The second-order valence-corrected chi connectivity index (χ2v) is 7.04. The second-order valence-electron chi connectivity index (χ2n) is 6.13. The number of fused-ring (bicyclic) bond motifs is 1. The van der Waals surface area contributed by atoms with E-state index in [-0.39, 0.29) is 5.91 Å². The molecule has 0 aliphatic rings. The van der Waals surface area contributed by atoms with Crippen molar-refractivity contribution in [3.63, 3.8) is 0 Å². The van der Waals surface area contributed by atoms with E-state index < -0.39 is 0 Å². The number of aryl methyl sites for hydroxylation is 1. The lowest BCUT2D eigenvalue weighted by molar-refractivity contribution is 0.102. The first-order chi connectivity index (χ1) is 12.6. The van der Waals surface area contributed by atoms with Crippen LogP contribution in [-0.2, 0) is 13.6 Å². The fourth-order valence-corrected chi connectivity index (χ4v) is 3.30. The summed E-state index contributed by atoms with van der Waals surface area (Å²) in [5.74, 6) is 0.533. The van der Waals surface area contributed by atoms with E-state index in [0.29, 0.717) is 17.9 Å². The molecule has 0 bridgehead atoms. The molecule has 0 aliphatic carbocycles. The Labute approximate surface area is 159 Å². The van der Waals surface area contributed by atoms with Crippen molar-refractivity contribution in [2.45, 2.75) is 6.54 Å². The van der Waals surface area contributed by atoms with Crippen LogP contribution in [0.15, 0.2) is 71.5 Å². The number of anilines is 1. The number of halogens is 1. The summed E-state index contributed by atoms with van der Waals surface area (Å²) in [5, 5.41) is 8.25. The molecule has 2 aromatic heterocycles. The topological polar surface area (TPSA) is 51.9 Å². The number of aromatic nitrogens is 3. The normalized spacial score (nSPS) is 11.0. The summed E-state index contributed by atoms with van der Waals surface area (Å²) in [6.07, 6.45) is 3.55. The van der Waals surface area contributed by atoms with Gasteiger partial charge < -0.3 is 9.88 Å². The average Bonchev–Trinajstić information content (AvgIpc) is 3.22. The average molecular weight is 409 g/mol. The molecule has 6 heteroatoms. The molecular formula is C20H17BrN4O. The van der Waals surface area contributed by atoms with E-state index in [9.17, 15) is 4.79 Å². The lowest BCUT2D eigenvalue weighted by atomic mass is 10.1. The molecule has 0 fully saturated rings. The lowest BCUT2D eigenvalue weighted by Crippen LogP contribution is -2.16. The van der Waals surface area contributed by atoms with Crippen LogP contribution < -0.4 is 5.32 Å². The van der Waals surface area contributed by atoms with Crippen LogP contribution in [0.2, 0.25) is 0 Å². The summed E-state index contributed by atoms with van der Waals surface area (Å²) in [6.45, 7) is 0.589. The van der Waals surface area contributed by atoms with Crippen molar-refractivity contribution >= 4 is 38.6 Å². The van der Waals surface area contributed by atoms with Gasteiger partial charge in [-0.25, -0.2) is 4.68 Å². The number of hydrogen-bond acceptors (Lipinski definition) is 2. The number of nitrogens with one attached hydrogen (secondary N) is 1. The number of nitrogens with zero attached hydrogens (tertiary/aromatic N) is 3. The van der Waals surface area contributed by atoms with Crippen molar-refractivity contribution in [1.82, 2.24) is 14.3 Å². The van der Waals surface area contributed by atoms with E-state index in [1.807, 2.05) is 72.4 Å². The number of benzene rings is 2. The Kier molecular flexibility index (Phi) is 4.34. The third kappa shape index (κ3) is 3.15. The van der Waals surface area contributed by atoms with Crippen LogP contribution in [0.25, 0.3) is 10.9 Å². The monoisotopic (exact) mass is 408 g/mol. The van der Waals surface area contributed by atoms with Crippen molar-refractivity contribution in [3.8, 4) is 0 Å². The van der Waals surface area contributed by atoms with E-state index >= 15 is 0 Å². The molecule has 0 spiro atoms. The van der Waals surface area contributed by atoms with Crippen LogP contribution in [0.3, 0.4) is 0 Å². The number of carbonyl (C=O) groups excluding carboxylic acids is 1. The third-order valence-electron chi connectivity index (χ3n) is 4.35. The number of amides is 1. The largest absolute Gasteiger partial charge is 0.350 e. The van der Waals surface area contributed by atoms with Crippen molar-refractivity contribution in [1.29, 1.82) is 0 Å². The first kappa shape index (κ1) is 16.6. The van der Waals surface area contributed by atoms with Crippen molar-refractivity contribution < 1.29 is 4.79 Å². The van der Waals surface area contributed by atoms with Crippen molar-refractivity contribution in [2.24, 2.45) is 7.05 Å². The molecule has 1 amide bonds. The Hall–Kier alpha value is -2.86. The molecule has 0 aliphatic heterocycles. The summed E-state index contributed by atoms with van der Waals surface area (Å²) in [7, 11) is 1.94. The third-order valence-corrected chi connectivity index (χ3v) is 4.87. The fraction of sp³-hybridized carbons (Fsp3) is 0.100. The van der Waals surface area contributed by atoms with E-state index in [0.717, 1.165) is 20.9 Å². The molecule has 130 valence electrons. The fourth-order valence-electron chi connectivity index (χ4n) is 3.03. The summed E-state index contributed by atoms with van der Waals surface area (Å²) in [4.78, 5) is 12.8. The van der Waals surface area contributed by atoms with Crippen LogP contribution in [0.1, 0.15) is 15.9 Å². The van der Waals surface area contributed by atoms with Gasteiger partial charge in [0.05, 0.1) is 18.3 Å². The van der Waals surface area contributed by atoms with Gasteiger partial charge in [-0.3, -0.25) is 4.79 Å². The zero-order chi connectivity index (χ0) is 18.1. The highest BCUT2D eigenvalue weighted by atomic mass is 79.9. The van der Waals surface area contributed by atoms with E-state index in [1.165, 1.54) is 0 Å². The molecule has 0 saturated heterocycles. The van der Waals surface area contributed by atoms with Crippen LogP contribution in [0.5, 0.6) is 0 Å². The summed E-state index contributed by atoms with van der Waals surface area (Å²) >= 11 is 3.44. The first-order valence-electron chi connectivity index (χ1n) is 8.23. The van der Waals surface area contributed by atoms with Gasteiger partial charge in [-0.2, -0.15) is 5.10 Å². The summed E-state index contributed by atoms with van der Waals surface area (Å²) in [5.41, 5.74) is 2.79. The van der Waals surface area contributed by atoms with E-state index in [4.69, 9.17) is 0 Å². The summed E-state index contributed by atoms with van der Waals surface area (Å²) < 4.78 is 4.78. The maximum atomic E-state index is 12.8. The highest BCUT2D eigenvalue weighted by molar-refractivity contribution is 9.10. The molecule has 2 aromatic carbocycles. The predicted molar refractivity (Wildman–Crippen MR) is 106 cm³/mol. The maximum absolute atomic E-state index is 12.8. The molecule has 0 saturated carbocycles. The molecule has 0 unspecified atom stereocenters. The Morgan fingerprint density at radius 2 is 1.88 bits per heavy atom. The maximum Gasteiger partial charge on any atom is 0.258 e. The molecule has 0 atom stereocenters. The Morgan fingerprint density at radius 1 is 1.12 bits per heavy atom. The minimum Gasteiger partial charge on any atom is -0.350 e. The SMILES string of the molecule is Cn1cc(C(=O)Nc2ccnn2Cc2ccc(Br)cc2)c2ccccc21. The Balaban J connectivity index is 1.59. The molecule has 4 rings (SSSR count).